The number of aromatic nitrogens is 2. The molecule has 0 saturated carbocycles. The molecule has 1 fully saturated rings. The Morgan fingerprint density at radius 2 is 1.60 bits per heavy atom. The van der Waals surface area contributed by atoms with E-state index < -0.39 is 85.3 Å². The van der Waals surface area contributed by atoms with Crippen LogP contribution >= 0.6 is 23.5 Å². The van der Waals surface area contributed by atoms with Gasteiger partial charge in [0.1, 0.15) is 39.7 Å². The number of hydrogen-bond donors (Lipinski definition) is 4. The van der Waals surface area contributed by atoms with Gasteiger partial charge in [-0.2, -0.15) is 18.0 Å². The number of phosphoric acid groups is 3. The van der Waals surface area contributed by atoms with E-state index in [0.717, 1.165) is 33.3 Å². The number of fused-ring (bicyclic) bond motifs is 2. The number of amides is 1. The average Bonchev–Trinajstić information content (AvgIpc) is 3.82. The van der Waals surface area contributed by atoms with E-state index in [9.17, 15) is 73.9 Å². The van der Waals surface area contributed by atoms with Crippen LogP contribution < -0.4 is 117 Å². The maximum atomic E-state index is 12.8. The van der Waals surface area contributed by atoms with Gasteiger partial charge < -0.3 is 59.0 Å². The van der Waals surface area contributed by atoms with Gasteiger partial charge in [0.2, 0.25) is 11.6 Å². The molecule has 35 heteroatoms. The molecule has 4 heterocycles. The zero-order valence-electron chi connectivity index (χ0n) is 44.1. The number of nitrogen functional groups attached to an aromatic ring is 1. The molecule has 1 amide bonds. The first kappa shape index (κ1) is 71.7. The summed E-state index contributed by atoms with van der Waals surface area (Å²) in [5, 5.41) is 13.1. The molecule has 2 aromatic carbocycles. The van der Waals surface area contributed by atoms with E-state index in [4.69, 9.17) is 10.5 Å². The number of nitrogens with two attached hydrogens (primary N) is 1. The van der Waals surface area contributed by atoms with Crippen LogP contribution in [-0.2, 0) is 67.4 Å². The van der Waals surface area contributed by atoms with Crippen molar-refractivity contribution in [3.05, 3.63) is 93.7 Å². The summed E-state index contributed by atoms with van der Waals surface area (Å²) >= 11 is 0. The minimum Gasteiger partial charge on any atom is -0.790 e. The number of phosphoric ester groups is 1. The van der Waals surface area contributed by atoms with Crippen molar-refractivity contribution in [2.45, 2.75) is 106 Å². The molecule has 5 unspecified atom stereocenters. The van der Waals surface area contributed by atoms with Gasteiger partial charge in [-0.3, -0.25) is 27.4 Å². The van der Waals surface area contributed by atoms with Crippen LogP contribution in [0.5, 0.6) is 0 Å². The molecule has 0 aliphatic carbocycles. The summed E-state index contributed by atoms with van der Waals surface area (Å²) in [7, 11) is -27.6. The minimum atomic E-state index is -6.24. The number of aliphatic hydroxyl groups excluding tert-OH is 1. The van der Waals surface area contributed by atoms with Crippen molar-refractivity contribution in [2.75, 3.05) is 36.9 Å². The fourth-order valence-corrected chi connectivity index (χ4v) is 12.7. The Kier molecular flexibility index (Phi) is 25.6. The summed E-state index contributed by atoms with van der Waals surface area (Å²) in [6, 6.07) is 8.77. The summed E-state index contributed by atoms with van der Waals surface area (Å²) in [6.45, 7) is 9.48. The average molecular weight is 1160 g/mol. The van der Waals surface area contributed by atoms with Gasteiger partial charge in [0.25, 0.3) is 25.8 Å². The zero-order chi connectivity index (χ0) is 55.0. The molecule has 404 valence electrons. The number of hydrogen-bond acceptors (Lipinski definition) is 22. The third-order valence-corrected chi connectivity index (χ3v) is 17.7. The topological polar surface area (TPSA) is 408 Å². The molecule has 5 N–H and O–H groups in total. The fourth-order valence-electron chi connectivity index (χ4n) is 8.83. The van der Waals surface area contributed by atoms with Crippen LogP contribution in [-0.4, -0.2) is 95.2 Å². The number of nitrogens with zero attached hydrogens (tertiary/aromatic N) is 4. The number of unbranched alkanes of at least 4 members (excludes halogenated alkanes) is 2. The number of allylic oxidation sites excluding steroid dienone is 4. The smallest absolute Gasteiger partial charge is 0.790 e. The molecular weight excluding hydrogens is 1110 g/mol. The number of rotatable bonds is 20. The number of ether oxygens (including phenoxy) is 1. The first-order valence-corrected chi connectivity index (χ1v) is 29.6. The number of anilines is 2. The molecule has 0 spiro atoms. The van der Waals surface area contributed by atoms with Crippen LogP contribution in [0.15, 0.2) is 81.1 Å². The van der Waals surface area contributed by atoms with Crippen molar-refractivity contribution in [3.8, 4) is 11.8 Å². The quantitative estimate of drug-likeness (QED) is 0.0204. The SMILES string of the molecule is CCN1/C(=C/C=C/C2=[N+](CCCCCC(=O)NCC#Cc3cn(C4CC(O)C(COP(=O)([O-])OP(=O)([O-])OP(=O)([O-])[O-])O4)c(=O)nc3N)c3cc(S(=O)(=O)O)ccc3C2(C)C)C(C)(C)c2ccc(S(=O)(=O)[O-])cc21.[Li+].[Li+].[Li+].[Li+]. The molecule has 6 rings (SSSR count). The second-order valence-corrected chi connectivity index (χ2v) is 25.1. The molecule has 0 bridgehead atoms. The van der Waals surface area contributed by atoms with Gasteiger partial charge in [-0.15, -0.1) is 0 Å². The number of carbonyl (C=O) groups is 1. The Bertz CT molecular complexity index is 3350. The number of aliphatic hydroxyl groups is 1. The predicted molar refractivity (Wildman–Crippen MR) is 253 cm³/mol. The molecule has 3 aliphatic heterocycles. The van der Waals surface area contributed by atoms with Crippen LogP contribution in [0, 0.1) is 11.8 Å². The Labute approximate surface area is 498 Å². The fraction of sp³-hybridized carbons (Fsp3) is 0.442. The Morgan fingerprint density at radius 3 is 2.22 bits per heavy atom. The normalized spacial score (nSPS) is 20.4. The molecule has 26 nitrogen and oxygen atoms in total. The summed E-state index contributed by atoms with van der Waals surface area (Å²) in [6.07, 6.45) is 3.81. The maximum absolute atomic E-state index is 12.8. The third kappa shape index (κ3) is 17.6. The monoisotopic (exact) mass is 1160 g/mol. The summed E-state index contributed by atoms with van der Waals surface area (Å²) < 4.78 is 123. The molecule has 0 radical (unpaired) electrons. The second-order valence-electron chi connectivity index (χ2n) is 18.1. The van der Waals surface area contributed by atoms with Gasteiger partial charge in [0.15, 0.2) is 5.71 Å². The van der Waals surface area contributed by atoms with E-state index in [0.29, 0.717) is 43.7 Å². The first-order chi connectivity index (χ1) is 34.1. The van der Waals surface area contributed by atoms with Gasteiger partial charge in [-0.25, -0.2) is 17.5 Å². The van der Waals surface area contributed by atoms with Crippen LogP contribution in [0.4, 0.5) is 17.2 Å². The van der Waals surface area contributed by atoms with Crippen LogP contribution in [0.2, 0.25) is 0 Å². The van der Waals surface area contributed by atoms with Crippen molar-refractivity contribution in [1.29, 1.82) is 0 Å². The number of benzene rings is 2. The van der Waals surface area contributed by atoms with Gasteiger partial charge in [0.05, 0.1) is 43.0 Å². The van der Waals surface area contributed by atoms with E-state index in [2.05, 4.69) is 35.3 Å². The molecule has 1 aromatic heterocycles. The van der Waals surface area contributed by atoms with Crippen molar-refractivity contribution >= 4 is 72.5 Å². The van der Waals surface area contributed by atoms with E-state index in [1.54, 1.807) is 12.1 Å². The van der Waals surface area contributed by atoms with Crippen LogP contribution in [0.3, 0.4) is 0 Å². The second kappa shape index (κ2) is 27.8. The maximum Gasteiger partial charge on any atom is 1.00 e. The molecule has 5 atom stereocenters. The number of carbonyl (C=O) groups excluding carboxylic acids is 1. The molecule has 3 aromatic rings. The van der Waals surface area contributed by atoms with Gasteiger partial charge in [-0.05, 0) is 69.5 Å². The molecular formula is C43H51Li4N6O20P3S2. The first-order valence-electron chi connectivity index (χ1n) is 22.4. The largest absolute Gasteiger partial charge is 1.00 e. The Hall–Kier alpha value is -2.36. The molecule has 3 aliphatic rings. The minimum absolute atomic E-state index is 0. The molecule has 1 saturated heterocycles. The van der Waals surface area contributed by atoms with E-state index in [1.807, 2.05) is 62.3 Å². The summed E-state index contributed by atoms with van der Waals surface area (Å²) in [4.78, 5) is 75.0. The Balaban J connectivity index is 0.00000520. The third-order valence-electron chi connectivity index (χ3n) is 12.3. The van der Waals surface area contributed by atoms with Gasteiger partial charge >= 0.3 is 81.1 Å². The van der Waals surface area contributed by atoms with Crippen LogP contribution in [0.1, 0.15) is 89.6 Å². The predicted octanol–water partition coefficient (Wildman–Crippen LogP) is -11.2. The summed E-state index contributed by atoms with van der Waals surface area (Å²) in [5.41, 5.74) is 8.22. The van der Waals surface area contributed by atoms with Crippen molar-refractivity contribution in [2.24, 2.45) is 0 Å². The zero-order valence-corrected chi connectivity index (χ0v) is 48.5. The van der Waals surface area contributed by atoms with Gasteiger partial charge in [-0.1, -0.05) is 37.8 Å². The van der Waals surface area contributed by atoms with Crippen molar-refractivity contribution < 1.29 is 167 Å². The molecule has 78 heavy (non-hydrogen) atoms. The van der Waals surface area contributed by atoms with Crippen molar-refractivity contribution in [1.82, 2.24) is 14.9 Å². The number of likely N-dealkylation sites (N-methyl/N-ethyl adjacent to an activating group) is 1. The van der Waals surface area contributed by atoms with Crippen molar-refractivity contribution in [3.63, 3.8) is 0 Å². The number of nitrogens with one attached hydrogen (secondary N) is 1. The van der Waals surface area contributed by atoms with Crippen LogP contribution in [0.25, 0.3) is 0 Å². The standard InChI is InChI=1S/C43H55N6O20P3S2.4Li/c1-6-47-32-22-28(73(60,61)62)16-18-30(32)42(2,3)36(47)13-10-14-37-43(4,5)31-19-17-29(74(63,64)65)23-33(31)48(37)21-9-7-8-15-38(51)45-20-11-12-27-25-49(41(52)46-40(27)44)39-24-34(50)35(67-39)26-66-71(56,57)69-72(58,59)68-70(53,54)55;;;;/h10,13-14,16-19,22-23,25,34-35,39,50H,6-9,15,20-21,24,26H2,1-5H3,(H8-,44,45,46,51,52,53,54,55,56,57,58,59,60,61,62,63,64,65);;;;/q;4*+1/p-4. The van der Waals surface area contributed by atoms with Gasteiger partial charge in [0, 0.05) is 66.5 Å². The van der Waals surface area contributed by atoms with E-state index >= 15 is 0 Å². The Morgan fingerprint density at radius 1 is 0.962 bits per heavy atom. The van der Waals surface area contributed by atoms with E-state index in [-0.39, 0.29) is 122 Å². The van der Waals surface area contributed by atoms with E-state index in [1.165, 1.54) is 24.3 Å². The summed E-state index contributed by atoms with van der Waals surface area (Å²) in [5.74, 6) is 4.72.